The number of benzene rings is 2. The van der Waals surface area contributed by atoms with Crippen LogP contribution in [0, 0.1) is 11.2 Å². The van der Waals surface area contributed by atoms with Crippen LogP contribution >= 0.6 is 0 Å². The zero-order chi connectivity index (χ0) is 19.2. The van der Waals surface area contributed by atoms with Crippen molar-refractivity contribution in [1.82, 2.24) is 4.90 Å². The van der Waals surface area contributed by atoms with Crippen molar-refractivity contribution in [1.29, 1.82) is 0 Å². The van der Waals surface area contributed by atoms with Gasteiger partial charge in [0.25, 0.3) is 0 Å². The van der Waals surface area contributed by atoms with Crippen LogP contribution in [0.5, 0.6) is 0 Å². The molecule has 0 saturated carbocycles. The van der Waals surface area contributed by atoms with Crippen molar-refractivity contribution in [2.45, 2.75) is 32.9 Å². The molecule has 1 aliphatic heterocycles. The molecule has 1 aliphatic rings. The molecule has 2 aromatic carbocycles. The summed E-state index contributed by atoms with van der Waals surface area (Å²) in [6.45, 7) is 5.84. The highest BCUT2D eigenvalue weighted by molar-refractivity contribution is 5.83. The van der Waals surface area contributed by atoms with Crippen LogP contribution in [0.2, 0.25) is 0 Å². The van der Waals surface area contributed by atoms with Crippen molar-refractivity contribution in [3.05, 3.63) is 59.9 Å². The van der Waals surface area contributed by atoms with Crippen molar-refractivity contribution < 1.29 is 13.6 Å². The lowest BCUT2D eigenvalue weighted by atomic mass is 9.90. The SMILES string of the molecule is CC1(C)CC(C(N)=O)N(Cc2ccc3oc(-c4ccc(F)cc4)cc3c2)C1. The number of halogens is 1. The van der Waals surface area contributed by atoms with Crippen molar-refractivity contribution in [3.63, 3.8) is 0 Å². The molecule has 1 unspecified atom stereocenters. The normalized spacial score (nSPS) is 19.6. The molecular weight excluding hydrogens is 343 g/mol. The number of hydrogen-bond acceptors (Lipinski definition) is 3. The summed E-state index contributed by atoms with van der Waals surface area (Å²) in [5, 5.41) is 0.987. The number of amides is 1. The van der Waals surface area contributed by atoms with Gasteiger partial charge in [-0.15, -0.1) is 0 Å². The van der Waals surface area contributed by atoms with Gasteiger partial charge in [0.2, 0.25) is 5.91 Å². The standard InChI is InChI=1S/C22H23FN2O2/c1-22(2)11-18(21(24)26)25(13-22)12-14-3-8-19-16(9-14)10-20(27-19)15-4-6-17(23)7-5-15/h3-10,18H,11-13H2,1-2H3,(H2,24,26). The van der Waals surface area contributed by atoms with E-state index >= 15 is 0 Å². The number of carbonyl (C=O) groups is 1. The van der Waals surface area contributed by atoms with Crippen molar-refractivity contribution in [3.8, 4) is 11.3 Å². The van der Waals surface area contributed by atoms with Crippen molar-refractivity contribution in [2.75, 3.05) is 6.54 Å². The average Bonchev–Trinajstić information content (AvgIpc) is 3.15. The summed E-state index contributed by atoms with van der Waals surface area (Å²) in [4.78, 5) is 14.0. The Kier molecular flexibility index (Phi) is 4.27. The summed E-state index contributed by atoms with van der Waals surface area (Å²) >= 11 is 0. The smallest absolute Gasteiger partial charge is 0.234 e. The summed E-state index contributed by atoms with van der Waals surface area (Å²) in [5.74, 6) is 0.178. The van der Waals surface area contributed by atoms with Gasteiger partial charge in [-0.3, -0.25) is 9.69 Å². The molecule has 3 aromatic rings. The van der Waals surface area contributed by atoms with Crippen LogP contribution in [0.15, 0.2) is 52.9 Å². The minimum atomic E-state index is -0.269. The molecule has 1 fully saturated rings. The second-order valence-corrected chi connectivity index (χ2v) is 8.18. The van der Waals surface area contributed by atoms with E-state index in [9.17, 15) is 9.18 Å². The molecule has 0 spiro atoms. The van der Waals surface area contributed by atoms with Crippen LogP contribution in [-0.4, -0.2) is 23.4 Å². The van der Waals surface area contributed by atoms with Crippen molar-refractivity contribution in [2.24, 2.45) is 11.1 Å². The summed E-state index contributed by atoms with van der Waals surface area (Å²) in [6, 6.07) is 14.0. The summed E-state index contributed by atoms with van der Waals surface area (Å²) < 4.78 is 19.0. The molecule has 140 valence electrons. The number of fused-ring (bicyclic) bond motifs is 1. The fourth-order valence-electron chi connectivity index (χ4n) is 4.01. The van der Waals surface area contributed by atoms with Gasteiger partial charge in [-0.1, -0.05) is 19.9 Å². The third-order valence-corrected chi connectivity index (χ3v) is 5.24. The third kappa shape index (κ3) is 3.60. The van der Waals surface area contributed by atoms with Crippen LogP contribution in [0.4, 0.5) is 4.39 Å². The summed E-state index contributed by atoms with van der Waals surface area (Å²) in [7, 11) is 0. The van der Waals surface area contributed by atoms with Gasteiger partial charge >= 0.3 is 0 Å². The second-order valence-electron chi connectivity index (χ2n) is 8.18. The van der Waals surface area contributed by atoms with E-state index in [1.54, 1.807) is 12.1 Å². The molecule has 1 amide bonds. The molecule has 2 heterocycles. The average molecular weight is 366 g/mol. The first kappa shape index (κ1) is 17.7. The minimum absolute atomic E-state index is 0.0786. The van der Waals surface area contributed by atoms with E-state index in [0.717, 1.165) is 35.1 Å². The quantitative estimate of drug-likeness (QED) is 0.748. The maximum Gasteiger partial charge on any atom is 0.234 e. The molecule has 0 bridgehead atoms. The Morgan fingerprint density at radius 2 is 1.96 bits per heavy atom. The number of carbonyl (C=O) groups excluding carboxylic acids is 1. The van der Waals surface area contributed by atoms with E-state index in [1.807, 2.05) is 18.2 Å². The molecule has 1 aromatic heterocycles. The summed E-state index contributed by atoms with van der Waals surface area (Å²) in [5.41, 5.74) is 8.42. The zero-order valence-corrected chi connectivity index (χ0v) is 15.5. The summed E-state index contributed by atoms with van der Waals surface area (Å²) in [6.07, 6.45) is 0.783. The molecule has 0 aliphatic carbocycles. The van der Waals surface area contributed by atoms with Crippen LogP contribution < -0.4 is 5.73 Å². The Bertz CT molecular complexity index is 991. The number of likely N-dealkylation sites (tertiary alicyclic amines) is 1. The molecule has 1 saturated heterocycles. The van der Waals surface area contributed by atoms with Crippen LogP contribution in [0.25, 0.3) is 22.3 Å². The van der Waals surface area contributed by atoms with E-state index in [2.05, 4.69) is 24.8 Å². The first-order chi connectivity index (χ1) is 12.8. The number of primary amides is 1. The van der Waals surface area contributed by atoms with Gasteiger partial charge in [-0.2, -0.15) is 0 Å². The Morgan fingerprint density at radius 1 is 1.22 bits per heavy atom. The van der Waals surface area contributed by atoms with Gasteiger partial charge in [0.15, 0.2) is 0 Å². The first-order valence-electron chi connectivity index (χ1n) is 9.13. The minimum Gasteiger partial charge on any atom is -0.456 e. The van der Waals surface area contributed by atoms with Crippen molar-refractivity contribution >= 4 is 16.9 Å². The number of furan rings is 1. The van der Waals surface area contributed by atoms with Gasteiger partial charge in [0, 0.05) is 24.0 Å². The number of nitrogens with two attached hydrogens (primary N) is 1. The fourth-order valence-corrected chi connectivity index (χ4v) is 4.01. The van der Waals surface area contributed by atoms with E-state index in [1.165, 1.54) is 12.1 Å². The number of hydrogen-bond donors (Lipinski definition) is 1. The Hall–Kier alpha value is -2.66. The van der Waals surface area contributed by atoms with Gasteiger partial charge in [0.05, 0.1) is 6.04 Å². The second kappa shape index (κ2) is 6.50. The van der Waals surface area contributed by atoms with E-state index < -0.39 is 0 Å². The topological polar surface area (TPSA) is 59.5 Å². The van der Waals surface area contributed by atoms with Crippen LogP contribution in [-0.2, 0) is 11.3 Å². The predicted molar refractivity (Wildman–Crippen MR) is 103 cm³/mol. The molecule has 4 rings (SSSR count). The van der Waals surface area contributed by atoms with E-state index in [4.69, 9.17) is 10.2 Å². The number of nitrogens with zero attached hydrogens (tertiary/aromatic N) is 1. The van der Waals surface area contributed by atoms with Gasteiger partial charge in [0.1, 0.15) is 17.2 Å². The highest BCUT2D eigenvalue weighted by Crippen LogP contribution is 2.35. The zero-order valence-electron chi connectivity index (χ0n) is 15.5. The maximum atomic E-state index is 13.1. The third-order valence-electron chi connectivity index (χ3n) is 5.24. The molecule has 27 heavy (non-hydrogen) atoms. The molecular formula is C22H23FN2O2. The molecule has 1 atom stereocenters. The molecule has 5 heteroatoms. The molecule has 4 nitrogen and oxygen atoms in total. The highest BCUT2D eigenvalue weighted by atomic mass is 19.1. The Morgan fingerprint density at radius 3 is 2.67 bits per heavy atom. The van der Waals surface area contributed by atoms with Gasteiger partial charge in [-0.05, 0) is 59.9 Å². The predicted octanol–water partition coefficient (Wildman–Crippen LogP) is 4.32. The Labute approximate surface area is 157 Å². The van der Waals surface area contributed by atoms with Crippen LogP contribution in [0.3, 0.4) is 0 Å². The molecule has 0 radical (unpaired) electrons. The molecule has 2 N–H and O–H groups in total. The van der Waals surface area contributed by atoms with Gasteiger partial charge < -0.3 is 10.2 Å². The largest absolute Gasteiger partial charge is 0.456 e. The lowest BCUT2D eigenvalue weighted by Crippen LogP contribution is -2.39. The van der Waals surface area contributed by atoms with E-state index in [-0.39, 0.29) is 23.2 Å². The van der Waals surface area contributed by atoms with Gasteiger partial charge in [-0.25, -0.2) is 4.39 Å². The lowest BCUT2D eigenvalue weighted by Gasteiger charge is -2.22. The Balaban J connectivity index is 1.60. The number of rotatable bonds is 4. The maximum absolute atomic E-state index is 13.1. The monoisotopic (exact) mass is 366 g/mol. The highest BCUT2D eigenvalue weighted by Gasteiger charge is 2.40. The van der Waals surface area contributed by atoms with E-state index in [0.29, 0.717) is 12.3 Å². The first-order valence-corrected chi connectivity index (χ1v) is 9.13. The fraction of sp³-hybridized carbons (Fsp3) is 0.318. The lowest BCUT2D eigenvalue weighted by molar-refractivity contribution is -0.122. The van der Waals surface area contributed by atoms with Crippen LogP contribution in [0.1, 0.15) is 25.8 Å².